The number of nitrogens with zero attached hydrogens (tertiary/aromatic N) is 3. The Hall–Kier alpha value is -0.810. The van der Waals surface area contributed by atoms with Gasteiger partial charge in [-0.1, -0.05) is 0 Å². The molecule has 1 atom stereocenters. The van der Waals surface area contributed by atoms with E-state index in [0.717, 1.165) is 23.8 Å². The summed E-state index contributed by atoms with van der Waals surface area (Å²) in [6, 6.07) is 4.51. The van der Waals surface area contributed by atoms with Gasteiger partial charge in [-0.2, -0.15) is 16.9 Å². The molecule has 1 N–H and O–H groups in total. The van der Waals surface area contributed by atoms with Gasteiger partial charge >= 0.3 is 0 Å². The molecule has 5 heteroatoms. The van der Waals surface area contributed by atoms with Gasteiger partial charge < -0.3 is 10.2 Å². The topological polar surface area (TPSA) is 41.0 Å². The lowest BCUT2D eigenvalue weighted by Crippen LogP contribution is -2.31. The van der Waals surface area contributed by atoms with Gasteiger partial charge in [-0.3, -0.25) is 0 Å². The van der Waals surface area contributed by atoms with E-state index in [2.05, 4.69) is 40.6 Å². The van der Waals surface area contributed by atoms with E-state index < -0.39 is 0 Å². The molecule has 16 heavy (non-hydrogen) atoms. The second-order valence-corrected chi connectivity index (χ2v) is 4.74. The zero-order chi connectivity index (χ0) is 12.0. The van der Waals surface area contributed by atoms with E-state index in [0.29, 0.717) is 6.04 Å². The van der Waals surface area contributed by atoms with E-state index in [4.69, 9.17) is 0 Å². The van der Waals surface area contributed by atoms with Gasteiger partial charge in [0.05, 0.1) is 5.69 Å². The minimum absolute atomic E-state index is 0.472. The van der Waals surface area contributed by atoms with Crippen LogP contribution in [0.15, 0.2) is 12.1 Å². The zero-order valence-corrected chi connectivity index (χ0v) is 11.2. The molecule has 0 aromatic carbocycles. The highest BCUT2D eigenvalue weighted by atomic mass is 32.2. The maximum Gasteiger partial charge on any atom is 0.151 e. The highest BCUT2D eigenvalue weighted by Gasteiger charge is 2.10. The van der Waals surface area contributed by atoms with E-state index in [9.17, 15) is 0 Å². The van der Waals surface area contributed by atoms with E-state index in [1.165, 1.54) is 0 Å². The molecule has 0 aliphatic rings. The summed E-state index contributed by atoms with van der Waals surface area (Å²) < 4.78 is 0. The molecule has 1 aromatic heterocycles. The Bertz CT molecular complexity index is 301. The fourth-order valence-corrected chi connectivity index (χ4v) is 2.10. The van der Waals surface area contributed by atoms with Crippen molar-refractivity contribution in [2.24, 2.45) is 0 Å². The first-order chi connectivity index (χ1) is 7.69. The summed E-state index contributed by atoms with van der Waals surface area (Å²) in [5, 5.41) is 11.5. The van der Waals surface area contributed by atoms with E-state index in [1.807, 2.05) is 30.9 Å². The number of aromatic nitrogens is 2. The fraction of sp³-hybridized carbons (Fsp3) is 0.636. The molecule has 1 aromatic rings. The molecule has 1 heterocycles. The van der Waals surface area contributed by atoms with Crippen molar-refractivity contribution in [2.45, 2.75) is 19.5 Å². The normalized spacial score (nSPS) is 12.5. The lowest BCUT2D eigenvalue weighted by Gasteiger charge is -2.24. The molecule has 0 saturated carbocycles. The summed E-state index contributed by atoms with van der Waals surface area (Å²) in [5.74, 6) is 2.03. The maximum absolute atomic E-state index is 4.23. The van der Waals surface area contributed by atoms with Gasteiger partial charge in [-0.25, -0.2) is 0 Å². The fourth-order valence-electron chi connectivity index (χ4n) is 1.40. The molecular formula is C11H20N4S. The minimum atomic E-state index is 0.472. The first-order valence-electron chi connectivity index (χ1n) is 5.38. The molecule has 4 nitrogen and oxygen atoms in total. The molecule has 0 aliphatic heterocycles. The summed E-state index contributed by atoms with van der Waals surface area (Å²) in [5.41, 5.74) is 0.970. The molecule has 0 radical (unpaired) electrons. The van der Waals surface area contributed by atoms with Crippen molar-refractivity contribution in [2.75, 3.05) is 31.0 Å². The second kappa shape index (κ2) is 6.70. The van der Waals surface area contributed by atoms with Crippen molar-refractivity contribution in [1.82, 2.24) is 15.5 Å². The quantitative estimate of drug-likeness (QED) is 0.813. The molecule has 1 rings (SSSR count). The molecule has 0 amide bonds. The van der Waals surface area contributed by atoms with Gasteiger partial charge in [-0.15, -0.1) is 5.10 Å². The third-order valence-electron chi connectivity index (χ3n) is 2.49. The van der Waals surface area contributed by atoms with Gasteiger partial charge in [0.2, 0.25) is 0 Å². The molecular weight excluding hydrogens is 220 g/mol. The molecule has 0 bridgehead atoms. The van der Waals surface area contributed by atoms with Crippen LogP contribution in [0.3, 0.4) is 0 Å². The molecule has 0 fully saturated rings. The second-order valence-electron chi connectivity index (χ2n) is 3.83. The largest absolute Gasteiger partial charge is 0.355 e. The number of thioether (sulfide) groups is 1. The Morgan fingerprint density at radius 3 is 2.69 bits per heavy atom. The minimum Gasteiger partial charge on any atom is -0.355 e. The number of rotatable bonds is 6. The van der Waals surface area contributed by atoms with Crippen LogP contribution in [0.25, 0.3) is 0 Å². The predicted molar refractivity (Wildman–Crippen MR) is 71.0 cm³/mol. The van der Waals surface area contributed by atoms with E-state index >= 15 is 0 Å². The molecule has 0 spiro atoms. The van der Waals surface area contributed by atoms with Crippen LogP contribution >= 0.6 is 11.8 Å². The number of hydrogen-bond donors (Lipinski definition) is 1. The third-order valence-corrected chi connectivity index (χ3v) is 3.31. The number of anilines is 1. The molecule has 1 unspecified atom stereocenters. The first kappa shape index (κ1) is 13.3. The van der Waals surface area contributed by atoms with Crippen LogP contribution in [0, 0.1) is 0 Å². The van der Waals surface area contributed by atoms with Crippen LogP contribution in [0.2, 0.25) is 0 Å². The number of hydrogen-bond acceptors (Lipinski definition) is 5. The highest BCUT2D eigenvalue weighted by molar-refractivity contribution is 7.98. The van der Waals surface area contributed by atoms with Gasteiger partial charge in [0.15, 0.2) is 5.82 Å². The Labute approximate surface area is 102 Å². The summed E-state index contributed by atoms with van der Waals surface area (Å²) in [7, 11) is 3.96. The predicted octanol–water partition coefficient (Wildman–Crippen LogP) is 1.38. The average Bonchev–Trinajstić information content (AvgIpc) is 2.30. The Morgan fingerprint density at radius 1 is 1.44 bits per heavy atom. The van der Waals surface area contributed by atoms with Crippen LogP contribution in [-0.2, 0) is 6.54 Å². The smallest absolute Gasteiger partial charge is 0.151 e. The van der Waals surface area contributed by atoms with Crippen LogP contribution < -0.4 is 10.2 Å². The van der Waals surface area contributed by atoms with Crippen LogP contribution in [0.5, 0.6) is 0 Å². The summed E-state index contributed by atoms with van der Waals surface area (Å²) in [6.45, 7) is 2.96. The van der Waals surface area contributed by atoms with Crippen molar-refractivity contribution in [3.8, 4) is 0 Å². The Kier molecular flexibility index (Phi) is 5.55. The van der Waals surface area contributed by atoms with Crippen LogP contribution in [0.4, 0.5) is 5.82 Å². The maximum atomic E-state index is 4.23. The van der Waals surface area contributed by atoms with Crippen molar-refractivity contribution in [3.63, 3.8) is 0 Å². The van der Waals surface area contributed by atoms with Gasteiger partial charge in [0.25, 0.3) is 0 Å². The van der Waals surface area contributed by atoms with Crippen molar-refractivity contribution < 1.29 is 0 Å². The van der Waals surface area contributed by atoms with E-state index in [-0.39, 0.29) is 0 Å². The molecule has 90 valence electrons. The van der Waals surface area contributed by atoms with Crippen molar-refractivity contribution >= 4 is 17.6 Å². The average molecular weight is 240 g/mol. The summed E-state index contributed by atoms with van der Waals surface area (Å²) in [4.78, 5) is 2.16. The monoisotopic (exact) mass is 240 g/mol. The molecule has 0 aliphatic carbocycles. The number of nitrogens with one attached hydrogen (secondary N) is 1. The first-order valence-corrected chi connectivity index (χ1v) is 6.77. The SMILES string of the molecule is CNCc1ccc(N(C)C(C)CSC)nn1. The van der Waals surface area contributed by atoms with Gasteiger partial charge in [0, 0.05) is 25.4 Å². The lowest BCUT2D eigenvalue weighted by molar-refractivity contribution is 0.725. The highest BCUT2D eigenvalue weighted by Crippen LogP contribution is 2.13. The van der Waals surface area contributed by atoms with Gasteiger partial charge in [-0.05, 0) is 32.4 Å². The van der Waals surface area contributed by atoms with Crippen LogP contribution in [0.1, 0.15) is 12.6 Å². The van der Waals surface area contributed by atoms with E-state index in [1.54, 1.807) is 0 Å². The Morgan fingerprint density at radius 2 is 2.19 bits per heavy atom. The summed E-state index contributed by atoms with van der Waals surface area (Å²) >= 11 is 1.84. The van der Waals surface area contributed by atoms with Gasteiger partial charge in [0.1, 0.15) is 0 Å². The lowest BCUT2D eigenvalue weighted by atomic mass is 10.3. The third kappa shape index (κ3) is 3.64. The van der Waals surface area contributed by atoms with Crippen molar-refractivity contribution in [3.05, 3.63) is 17.8 Å². The molecule has 0 saturated heterocycles. The zero-order valence-electron chi connectivity index (χ0n) is 10.4. The van der Waals surface area contributed by atoms with Crippen molar-refractivity contribution in [1.29, 1.82) is 0 Å². The standard InChI is InChI=1S/C11H20N4S/c1-9(8-16-4)15(3)11-6-5-10(7-12-2)13-14-11/h5-6,9,12H,7-8H2,1-4H3. The Balaban J connectivity index is 2.65. The summed E-state index contributed by atoms with van der Waals surface area (Å²) in [6.07, 6.45) is 2.12. The van der Waals surface area contributed by atoms with Crippen LogP contribution in [-0.4, -0.2) is 42.3 Å².